The van der Waals surface area contributed by atoms with Crippen molar-refractivity contribution in [3.05, 3.63) is 22.7 Å². The summed E-state index contributed by atoms with van der Waals surface area (Å²) in [7, 11) is 0. The van der Waals surface area contributed by atoms with Crippen LogP contribution in [0.25, 0.3) is 0 Å². The number of hydrogen-bond donors (Lipinski definition) is 2. The highest BCUT2D eigenvalue weighted by atomic mass is 35.5. The van der Waals surface area contributed by atoms with Gasteiger partial charge in [-0.2, -0.15) is 0 Å². The van der Waals surface area contributed by atoms with Gasteiger partial charge in [-0.15, -0.1) is 0 Å². The molecule has 0 saturated heterocycles. The number of ether oxygens (including phenoxy) is 2. The average Bonchev–Trinajstić information content (AvgIpc) is 3.22. The Morgan fingerprint density at radius 3 is 2.84 bits per heavy atom. The zero-order valence-electron chi connectivity index (χ0n) is 10.8. The number of nitrogens with two attached hydrogens (primary N) is 1. The van der Waals surface area contributed by atoms with Gasteiger partial charge in [-0.1, -0.05) is 11.6 Å². The third-order valence-electron chi connectivity index (χ3n) is 3.48. The summed E-state index contributed by atoms with van der Waals surface area (Å²) in [5, 5.41) is 4.13. The smallest absolute Gasteiger partial charge is 0.179 e. The first kappa shape index (κ1) is 13.0. The molecule has 1 unspecified atom stereocenters. The van der Waals surface area contributed by atoms with E-state index in [0.717, 1.165) is 17.7 Å². The Labute approximate surface area is 118 Å². The van der Waals surface area contributed by atoms with E-state index < -0.39 is 0 Å². The molecule has 1 fully saturated rings. The molecule has 0 amide bonds. The van der Waals surface area contributed by atoms with Crippen LogP contribution in [0, 0.1) is 0 Å². The number of fused-ring (bicyclic) bond motifs is 1. The molecule has 104 valence electrons. The summed E-state index contributed by atoms with van der Waals surface area (Å²) in [5.41, 5.74) is 6.93. The molecule has 19 heavy (non-hydrogen) atoms. The van der Waals surface area contributed by atoms with Crippen LogP contribution in [0.4, 0.5) is 0 Å². The Balaban J connectivity index is 1.88. The van der Waals surface area contributed by atoms with Crippen LogP contribution in [0.3, 0.4) is 0 Å². The van der Waals surface area contributed by atoms with Crippen molar-refractivity contribution in [3.63, 3.8) is 0 Å². The number of halogens is 1. The van der Waals surface area contributed by atoms with Crippen LogP contribution < -0.4 is 20.5 Å². The van der Waals surface area contributed by atoms with E-state index in [1.165, 1.54) is 12.8 Å². The minimum absolute atomic E-state index is 0.127. The maximum absolute atomic E-state index is 6.30. The Morgan fingerprint density at radius 2 is 2.11 bits per heavy atom. The van der Waals surface area contributed by atoms with Crippen molar-refractivity contribution in [3.8, 4) is 11.5 Å². The zero-order chi connectivity index (χ0) is 13.2. The van der Waals surface area contributed by atoms with Crippen molar-refractivity contribution in [2.24, 2.45) is 5.73 Å². The fourth-order valence-electron chi connectivity index (χ4n) is 2.29. The molecule has 0 radical (unpaired) electrons. The normalized spacial score (nSPS) is 19.9. The highest BCUT2D eigenvalue weighted by molar-refractivity contribution is 6.32. The Hall–Kier alpha value is -0.970. The minimum Gasteiger partial charge on any atom is -0.489 e. The molecule has 5 heteroatoms. The monoisotopic (exact) mass is 282 g/mol. The van der Waals surface area contributed by atoms with Crippen LogP contribution in [-0.2, 0) is 0 Å². The topological polar surface area (TPSA) is 56.5 Å². The fraction of sp³-hybridized carbons (Fsp3) is 0.571. The second-order valence-corrected chi connectivity index (χ2v) is 5.52. The van der Waals surface area contributed by atoms with Gasteiger partial charge in [0.05, 0.1) is 18.2 Å². The van der Waals surface area contributed by atoms with E-state index in [9.17, 15) is 0 Å². The second-order valence-electron chi connectivity index (χ2n) is 5.11. The summed E-state index contributed by atoms with van der Waals surface area (Å²) < 4.78 is 11.3. The van der Waals surface area contributed by atoms with Gasteiger partial charge in [-0.05, 0) is 30.5 Å². The van der Waals surface area contributed by atoms with E-state index >= 15 is 0 Å². The molecule has 0 spiro atoms. The highest BCUT2D eigenvalue weighted by Gasteiger charge is 2.26. The molecular formula is C14H19ClN2O2. The van der Waals surface area contributed by atoms with Crippen LogP contribution in [0.1, 0.15) is 30.9 Å². The largest absolute Gasteiger partial charge is 0.489 e. The number of rotatable bonds is 4. The van der Waals surface area contributed by atoms with Crippen molar-refractivity contribution in [1.29, 1.82) is 0 Å². The van der Waals surface area contributed by atoms with Crippen LogP contribution in [0.2, 0.25) is 5.02 Å². The second kappa shape index (κ2) is 5.57. The van der Waals surface area contributed by atoms with E-state index in [4.69, 9.17) is 26.8 Å². The molecule has 3 N–H and O–H groups in total. The van der Waals surface area contributed by atoms with Gasteiger partial charge in [0, 0.05) is 25.0 Å². The van der Waals surface area contributed by atoms with Gasteiger partial charge in [0.25, 0.3) is 0 Å². The van der Waals surface area contributed by atoms with Crippen molar-refractivity contribution in [1.82, 2.24) is 5.32 Å². The predicted octanol–water partition coefficient (Wildman–Crippen LogP) is 2.25. The van der Waals surface area contributed by atoms with E-state index in [1.807, 2.05) is 12.1 Å². The molecule has 2 aliphatic rings. The molecule has 4 nitrogen and oxygen atoms in total. The standard InChI is InChI=1S/C14H19ClN2O2/c15-11-6-9(12(8-16)17-10-2-3-10)7-13-14(11)19-5-1-4-18-13/h6-7,10,12,17H,1-5,8,16H2. The lowest BCUT2D eigenvalue weighted by molar-refractivity contribution is 0.297. The third kappa shape index (κ3) is 2.96. The number of benzene rings is 1. The van der Waals surface area contributed by atoms with Gasteiger partial charge < -0.3 is 20.5 Å². The maximum Gasteiger partial charge on any atom is 0.179 e. The molecule has 1 atom stereocenters. The minimum atomic E-state index is 0.127. The quantitative estimate of drug-likeness (QED) is 0.889. The highest BCUT2D eigenvalue weighted by Crippen LogP contribution is 2.39. The van der Waals surface area contributed by atoms with Crippen molar-refractivity contribution >= 4 is 11.6 Å². The van der Waals surface area contributed by atoms with Crippen LogP contribution >= 0.6 is 11.6 Å². The van der Waals surface area contributed by atoms with Crippen molar-refractivity contribution in [2.45, 2.75) is 31.3 Å². The molecule has 1 aromatic rings. The van der Waals surface area contributed by atoms with Gasteiger partial charge in [0.15, 0.2) is 11.5 Å². The summed E-state index contributed by atoms with van der Waals surface area (Å²) in [6.07, 6.45) is 3.34. The first-order valence-corrected chi connectivity index (χ1v) is 7.21. The summed E-state index contributed by atoms with van der Waals surface area (Å²) in [5.74, 6) is 1.39. The van der Waals surface area contributed by atoms with Crippen LogP contribution in [-0.4, -0.2) is 25.8 Å². The lowest BCUT2D eigenvalue weighted by Gasteiger charge is -2.19. The summed E-state index contributed by atoms with van der Waals surface area (Å²) in [6.45, 7) is 1.86. The van der Waals surface area contributed by atoms with Crippen molar-refractivity contribution < 1.29 is 9.47 Å². The summed E-state index contributed by atoms with van der Waals surface area (Å²) in [4.78, 5) is 0. The van der Waals surface area contributed by atoms with E-state index in [2.05, 4.69) is 5.32 Å². The summed E-state index contributed by atoms with van der Waals surface area (Å²) in [6, 6.07) is 4.66. The molecule has 1 heterocycles. The fourth-order valence-corrected chi connectivity index (χ4v) is 2.56. The van der Waals surface area contributed by atoms with E-state index in [-0.39, 0.29) is 6.04 Å². The lowest BCUT2D eigenvalue weighted by atomic mass is 10.1. The molecule has 1 aromatic carbocycles. The Morgan fingerprint density at radius 1 is 1.32 bits per heavy atom. The first-order chi connectivity index (χ1) is 9.28. The Bertz CT molecular complexity index is 463. The van der Waals surface area contributed by atoms with Gasteiger partial charge in [-0.25, -0.2) is 0 Å². The maximum atomic E-state index is 6.30. The SMILES string of the molecule is NCC(NC1CC1)c1cc(Cl)c2c(c1)OCCCO2. The molecule has 0 bridgehead atoms. The molecular weight excluding hydrogens is 264 g/mol. The Kier molecular flexibility index (Phi) is 3.82. The first-order valence-electron chi connectivity index (χ1n) is 6.83. The van der Waals surface area contributed by atoms with E-state index in [1.54, 1.807) is 0 Å². The predicted molar refractivity (Wildman–Crippen MR) is 75.0 cm³/mol. The van der Waals surface area contributed by atoms with Crippen LogP contribution in [0.5, 0.6) is 11.5 Å². The lowest BCUT2D eigenvalue weighted by Crippen LogP contribution is -2.29. The average molecular weight is 283 g/mol. The van der Waals surface area contributed by atoms with Gasteiger partial charge in [0.2, 0.25) is 0 Å². The molecule has 1 saturated carbocycles. The van der Waals surface area contributed by atoms with Crippen molar-refractivity contribution in [2.75, 3.05) is 19.8 Å². The summed E-state index contributed by atoms with van der Waals surface area (Å²) >= 11 is 6.30. The van der Waals surface area contributed by atoms with Gasteiger partial charge >= 0.3 is 0 Å². The van der Waals surface area contributed by atoms with Gasteiger partial charge in [0.1, 0.15) is 0 Å². The molecule has 1 aliphatic heterocycles. The van der Waals surface area contributed by atoms with E-state index in [0.29, 0.717) is 36.6 Å². The third-order valence-corrected chi connectivity index (χ3v) is 3.76. The number of hydrogen-bond acceptors (Lipinski definition) is 4. The molecule has 3 rings (SSSR count). The molecule has 1 aliphatic carbocycles. The van der Waals surface area contributed by atoms with Crippen LogP contribution in [0.15, 0.2) is 12.1 Å². The number of nitrogens with one attached hydrogen (secondary N) is 1. The van der Waals surface area contributed by atoms with Gasteiger partial charge in [-0.3, -0.25) is 0 Å². The zero-order valence-corrected chi connectivity index (χ0v) is 11.6. The molecule has 0 aromatic heterocycles.